The van der Waals surface area contributed by atoms with Gasteiger partial charge >= 0.3 is 0 Å². The van der Waals surface area contributed by atoms with Crippen molar-refractivity contribution in [3.05, 3.63) is 45.1 Å². The van der Waals surface area contributed by atoms with Crippen molar-refractivity contribution in [2.75, 3.05) is 6.54 Å². The number of aryl methyl sites for hydroxylation is 1. The maximum absolute atomic E-state index is 11.8. The molecule has 0 aliphatic carbocycles. The summed E-state index contributed by atoms with van der Waals surface area (Å²) in [6.45, 7) is 0.457. The number of carbonyl (C=O) groups is 1. The van der Waals surface area contributed by atoms with Crippen LogP contribution in [0, 0.1) is 0 Å². The quantitative estimate of drug-likeness (QED) is 0.847. The van der Waals surface area contributed by atoms with E-state index in [9.17, 15) is 4.79 Å². The van der Waals surface area contributed by atoms with Gasteiger partial charge in [-0.25, -0.2) is 4.98 Å². The van der Waals surface area contributed by atoms with E-state index in [1.165, 1.54) is 0 Å². The first-order valence-electron chi connectivity index (χ1n) is 5.53. The van der Waals surface area contributed by atoms with Crippen LogP contribution in [0.15, 0.2) is 33.7 Å². The lowest BCUT2D eigenvalue weighted by molar-refractivity contribution is 0.0953. The summed E-state index contributed by atoms with van der Waals surface area (Å²) in [7, 11) is 1.92. The molecule has 2 aromatic rings. The maximum atomic E-state index is 11.8. The first kappa shape index (κ1) is 14.1. The number of rotatable bonds is 4. The third-order valence-corrected chi connectivity index (χ3v) is 4.28. The van der Waals surface area contributed by atoms with Crippen LogP contribution in [0.3, 0.4) is 0 Å². The lowest BCUT2D eigenvalue weighted by Gasteiger charge is -1.99. The Morgan fingerprint density at radius 1 is 1.58 bits per heavy atom. The van der Waals surface area contributed by atoms with Crippen LogP contribution in [0.25, 0.3) is 6.08 Å². The molecule has 0 spiro atoms. The van der Waals surface area contributed by atoms with Gasteiger partial charge in [0.15, 0.2) is 0 Å². The molecule has 2 N–H and O–H groups in total. The van der Waals surface area contributed by atoms with Crippen LogP contribution in [0.5, 0.6) is 0 Å². The van der Waals surface area contributed by atoms with E-state index in [2.05, 4.69) is 47.1 Å². The second kappa shape index (κ2) is 6.21. The summed E-state index contributed by atoms with van der Waals surface area (Å²) in [6, 6.07) is 1.73. The summed E-state index contributed by atoms with van der Waals surface area (Å²) < 4.78 is 3.48. The number of H-pyrrole nitrogens is 1. The van der Waals surface area contributed by atoms with Gasteiger partial charge in [-0.2, -0.15) is 0 Å². The first-order chi connectivity index (χ1) is 9.08. The molecule has 0 aliphatic rings. The minimum Gasteiger partial charge on any atom is -0.347 e. The Bertz CT molecular complexity index is 596. The molecular weight excluding hydrogens is 376 g/mol. The number of amides is 1. The number of hydrogen-bond donors (Lipinski definition) is 2. The van der Waals surface area contributed by atoms with E-state index in [1.54, 1.807) is 18.6 Å². The molecule has 0 atom stereocenters. The zero-order valence-corrected chi connectivity index (χ0v) is 13.3. The first-order valence-corrected chi connectivity index (χ1v) is 7.11. The summed E-state index contributed by atoms with van der Waals surface area (Å²) in [5.41, 5.74) is 1.49. The van der Waals surface area contributed by atoms with Crippen molar-refractivity contribution in [3.8, 4) is 0 Å². The molecule has 0 saturated heterocycles. The van der Waals surface area contributed by atoms with E-state index < -0.39 is 0 Å². The van der Waals surface area contributed by atoms with Crippen molar-refractivity contribution in [1.82, 2.24) is 19.9 Å². The van der Waals surface area contributed by atoms with Gasteiger partial charge in [0.2, 0.25) is 0 Å². The molecule has 0 saturated carbocycles. The van der Waals surface area contributed by atoms with Crippen molar-refractivity contribution in [2.45, 2.75) is 0 Å². The number of hydrogen-bond acceptors (Lipinski definition) is 2. The molecule has 0 aliphatic heterocycles. The fourth-order valence-corrected chi connectivity index (χ4v) is 2.14. The van der Waals surface area contributed by atoms with Gasteiger partial charge in [0.25, 0.3) is 5.91 Å². The average molecular weight is 388 g/mol. The van der Waals surface area contributed by atoms with Crippen LogP contribution < -0.4 is 5.32 Å². The third-order valence-electron chi connectivity index (χ3n) is 2.49. The van der Waals surface area contributed by atoms with E-state index in [0.717, 1.165) is 14.8 Å². The Labute approximate surface area is 127 Å². The predicted octanol–water partition coefficient (Wildman–Crippen LogP) is 2.72. The lowest BCUT2D eigenvalue weighted by Crippen LogP contribution is -2.23. The second-order valence-electron chi connectivity index (χ2n) is 3.89. The van der Waals surface area contributed by atoms with Gasteiger partial charge in [0.1, 0.15) is 5.69 Å². The monoisotopic (exact) mass is 386 g/mol. The predicted molar refractivity (Wildman–Crippen MR) is 80.8 cm³/mol. The summed E-state index contributed by atoms with van der Waals surface area (Å²) in [4.78, 5) is 18.7. The van der Waals surface area contributed by atoms with Crippen molar-refractivity contribution >= 4 is 43.8 Å². The van der Waals surface area contributed by atoms with Crippen LogP contribution in [0.2, 0.25) is 0 Å². The van der Waals surface area contributed by atoms with E-state index in [-0.39, 0.29) is 5.91 Å². The zero-order valence-electron chi connectivity index (χ0n) is 10.2. The van der Waals surface area contributed by atoms with Gasteiger partial charge in [0, 0.05) is 13.6 Å². The fourth-order valence-electron chi connectivity index (χ4n) is 1.48. The summed E-state index contributed by atoms with van der Waals surface area (Å²) in [6.07, 6.45) is 7.28. The highest BCUT2D eigenvalue weighted by atomic mass is 79.9. The smallest absolute Gasteiger partial charge is 0.268 e. The molecule has 1 amide bonds. The van der Waals surface area contributed by atoms with Gasteiger partial charge < -0.3 is 14.9 Å². The van der Waals surface area contributed by atoms with E-state index in [1.807, 2.05) is 23.8 Å². The number of imidazole rings is 1. The van der Waals surface area contributed by atoms with Gasteiger partial charge in [-0.3, -0.25) is 4.79 Å². The molecule has 0 unspecified atom stereocenters. The molecule has 2 heterocycles. The van der Waals surface area contributed by atoms with Crippen LogP contribution in [0.4, 0.5) is 0 Å². The van der Waals surface area contributed by atoms with Crippen molar-refractivity contribution < 1.29 is 4.79 Å². The van der Waals surface area contributed by atoms with Crippen LogP contribution in [-0.4, -0.2) is 27.0 Å². The Morgan fingerprint density at radius 2 is 2.37 bits per heavy atom. The van der Waals surface area contributed by atoms with E-state index in [4.69, 9.17) is 0 Å². The minimum atomic E-state index is -0.152. The van der Waals surface area contributed by atoms with Gasteiger partial charge in [-0.15, -0.1) is 0 Å². The van der Waals surface area contributed by atoms with Crippen molar-refractivity contribution in [3.63, 3.8) is 0 Å². The minimum absolute atomic E-state index is 0.152. The average Bonchev–Trinajstić information content (AvgIpc) is 2.92. The highest BCUT2D eigenvalue weighted by Crippen LogP contribution is 2.22. The molecule has 0 radical (unpaired) electrons. The fraction of sp³-hybridized carbons (Fsp3) is 0.167. The number of aromatic amines is 1. The Kier molecular flexibility index (Phi) is 4.60. The lowest BCUT2D eigenvalue weighted by atomic mass is 10.3. The molecule has 5 nitrogen and oxygen atoms in total. The number of halogens is 2. The van der Waals surface area contributed by atoms with Crippen LogP contribution in [-0.2, 0) is 7.05 Å². The Morgan fingerprint density at radius 3 is 2.95 bits per heavy atom. The van der Waals surface area contributed by atoms with Crippen LogP contribution >= 0.6 is 31.9 Å². The normalized spacial score (nSPS) is 11.1. The molecule has 7 heteroatoms. The largest absolute Gasteiger partial charge is 0.347 e. The highest BCUT2D eigenvalue weighted by molar-refractivity contribution is 9.13. The number of carbonyl (C=O) groups excluding carboxylic acids is 1. The van der Waals surface area contributed by atoms with Gasteiger partial charge in [0.05, 0.1) is 27.3 Å². The number of nitrogens with zero attached hydrogens (tertiary/aromatic N) is 2. The molecule has 0 aromatic carbocycles. The molecule has 2 rings (SSSR count). The Balaban J connectivity index is 1.87. The third kappa shape index (κ3) is 3.57. The second-order valence-corrected chi connectivity index (χ2v) is 5.53. The molecule has 2 aromatic heterocycles. The van der Waals surface area contributed by atoms with Gasteiger partial charge in [-0.1, -0.05) is 6.08 Å². The summed E-state index contributed by atoms with van der Waals surface area (Å²) in [5.74, 6) is -0.152. The summed E-state index contributed by atoms with van der Waals surface area (Å²) >= 11 is 6.61. The van der Waals surface area contributed by atoms with Gasteiger partial charge in [-0.05, 0) is 44.0 Å². The van der Waals surface area contributed by atoms with E-state index in [0.29, 0.717) is 12.2 Å². The number of aromatic nitrogens is 3. The standard InChI is InChI=1S/C12H12Br2N4O/c1-18-7-15-6-8(18)3-2-4-16-12(19)10-5-9(13)11(14)17-10/h2-3,5-7,17H,4H2,1H3,(H,16,19). The zero-order chi connectivity index (χ0) is 13.8. The summed E-state index contributed by atoms with van der Waals surface area (Å²) in [5, 5.41) is 2.79. The van der Waals surface area contributed by atoms with Crippen molar-refractivity contribution in [2.24, 2.45) is 7.05 Å². The van der Waals surface area contributed by atoms with E-state index >= 15 is 0 Å². The molecule has 0 bridgehead atoms. The SMILES string of the molecule is Cn1cncc1C=CCNC(=O)c1cc(Br)c(Br)[nH]1. The highest BCUT2D eigenvalue weighted by Gasteiger charge is 2.09. The maximum Gasteiger partial charge on any atom is 0.268 e. The number of nitrogens with one attached hydrogen (secondary N) is 2. The molecule has 0 fully saturated rings. The van der Waals surface area contributed by atoms with Crippen LogP contribution in [0.1, 0.15) is 16.2 Å². The molecule has 19 heavy (non-hydrogen) atoms. The molecular formula is C12H12Br2N4O. The Hall–Kier alpha value is -1.34. The van der Waals surface area contributed by atoms with Crippen molar-refractivity contribution in [1.29, 1.82) is 0 Å². The topological polar surface area (TPSA) is 62.7 Å². The molecule has 100 valence electrons.